The van der Waals surface area contributed by atoms with Gasteiger partial charge in [-0.25, -0.2) is 0 Å². The molecule has 3 aliphatic heterocycles. The molecule has 0 spiro atoms. The van der Waals surface area contributed by atoms with Crippen LogP contribution in [-0.4, -0.2) is 79.9 Å². The number of likely N-dealkylation sites (tertiary alicyclic amines) is 2. The Bertz CT molecular complexity index is 420. The van der Waals surface area contributed by atoms with Crippen molar-refractivity contribution in [1.29, 1.82) is 0 Å². The number of ether oxygens (including phenoxy) is 2. The summed E-state index contributed by atoms with van der Waals surface area (Å²) in [6.07, 6.45) is 5.13. The third-order valence-corrected chi connectivity index (χ3v) is 4.87. The molecule has 1 N–H and O–H groups in total. The zero-order valence-electron chi connectivity index (χ0n) is 13.7. The molecule has 7 nitrogen and oxygen atoms in total. The first-order valence-electron chi connectivity index (χ1n) is 8.76. The highest BCUT2D eigenvalue weighted by Gasteiger charge is 2.34. The van der Waals surface area contributed by atoms with Gasteiger partial charge in [0.1, 0.15) is 0 Å². The van der Waals surface area contributed by atoms with Crippen LogP contribution in [0.2, 0.25) is 0 Å². The molecule has 0 aromatic heterocycles. The summed E-state index contributed by atoms with van der Waals surface area (Å²) in [4.78, 5) is 28.1. The van der Waals surface area contributed by atoms with Crippen LogP contribution in [-0.2, 0) is 19.1 Å². The van der Waals surface area contributed by atoms with Gasteiger partial charge in [-0.2, -0.15) is 0 Å². The van der Waals surface area contributed by atoms with Crippen molar-refractivity contribution in [2.75, 3.05) is 45.9 Å². The van der Waals surface area contributed by atoms with Gasteiger partial charge in [0, 0.05) is 13.1 Å². The maximum absolute atomic E-state index is 12.2. The van der Waals surface area contributed by atoms with Crippen molar-refractivity contribution in [2.24, 2.45) is 0 Å². The van der Waals surface area contributed by atoms with E-state index in [1.807, 2.05) is 4.90 Å². The highest BCUT2D eigenvalue weighted by atomic mass is 16.7. The van der Waals surface area contributed by atoms with Crippen molar-refractivity contribution >= 4 is 11.8 Å². The second kappa shape index (κ2) is 8.08. The summed E-state index contributed by atoms with van der Waals surface area (Å²) in [6, 6.07) is 0.145. The summed E-state index contributed by atoms with van der Waals surface area (Å²) in [7, 11) is 0. The Morgan fingerprint density at radius 1 is 1.00 bits per heavy atom. The molecular formula is C16H27N3O4. The Hall–Kier alpha value is -1.18. The molecule has 1 unspecified atom stereocenters. The van der Waals surface area contributed by atoms with E-state index < -0.39 is 0 Å². The fourth-order valence-electron chi connectivity index (χ4n) is 3.61. The molecule has 23 heavy (non-hydrogen) atoms. The van der Waals surface area contributed by atoms with Gasteiger partial charge in [0.15, 0.2) is 6.29 Å². The summed E-state index contributed by atoms with van der Waals surface area (Å²) >= 11 is 0. The average molecular weight is 325 g/mol. The lowest BCUT2D eigenvalue weighted by molar-refractivity contribution is -0.135. The molecule has 0 aromatic carbocycles. The molecule has 0 bridgehead atoms. The minimum Gasteiger partial charge on any atom is -0.349 e. The average Bonchev–Trinajstić information content (AvgIpc) is 3.26. The van der Waals surface area contributed by atoms with Gasteiger partial charge in [-0.05, 0) is 32.2 Å². The molecular weight excluding hydrogens is 298 g/mol. The van der Waals surface area contributed by atoms with Crippen LogP contribution in [0, 0.1) is 0 Å². The number of piperidine rings is 1. The first-order valence-corrected chi connectivity index (χ1v) is 8.76. The Balaban J connectivity index is 1.44. The van der Waals surface area contributed by atoms with E-state index in [1.54, 1.807) is 0 Å². The number of amides is 2. The number of nitrogens with zero attached hydrogens (tertiary/aromatic N) is 2. The molecule has 2 amide bonds. The van der Waals surface area contributed by atoms with Gasteiger partial charge < -0.3 is 19.7 Å². The first-order chi connectivity index (χ1) is 11.2. The van der Waals surface area contributed by atoms with E-state index in [0.717, 1.165) is 51.7 Å². The second-order valence-electron chi connectivity index (χ2n) is 6.51. The monoisotopic (exact) mass is 325 g/mol. The van der Waals surface area contributed by atoms with Crippen molar-refractivity contribution in [3.8, 4) is 0 Å². The number of nitrogens with one attached hydrogen (secondary N) is 1. The Kier molecular flexibility index (Phi) is 5.85. The molecule has 130 valence electrons. The smallest absolute Gasteiger partial charge is 0.241 e. The van der Waals surface area contributed by atoms with Crippen LogP contribution >= 0.6 is 0 Å². The maximum atomic E-state index is 12.2. The van der Waals surface area contributed by atoms with E-state index in [4.69, 9.17) is 9.47 Å². The Morgan fingerprint density at radius 3 is 2.43 bits per heavy atom. The minimum absolute atomic E-state index is 0.0218. The van der Waals surface area contributed by atoms with Gasteiger partial charge in [0.2, 0.25) is 11.8 Å². The largest absolute Gasteiger partial charge is 0.349 e. The van der Waals surface area contributed by atoms with Crippen molar-refractivity contribution in [2.45, 2.75) is 44.4 Å². The van der Waals surface area contributed by atoms with Crippen molar-refractivity contribution in [1.82, 2.24) is 15.1 Å². The van der Waals surface area contributed by atoms with Crippen LogP contribution < -0.4 is 5.32 Å². The maximum Gasteiger partial charge on any atom is 0.241 e. The summed E-state index contributed by atoms with van der Waals surface area (Å²) in [6.45, 7) is 4.19. The van der Waals surface area contributed by atoms with Gasteiger partial charge in [-0.15, -0.1) is 0 Å². The van der Waals surface area contributed by atoms with E-state index in [2.05, 4.69) is 10.2 Å². The highest BCUT2D eigenvalue weighted by Crippen LogP contribution is 2.23. The van der Waals surface area contributed by atoms with Gasteiger partial charge in [0.05, 0.1) is 32.3 Å². The fraction of sp³-hybridized carbons (Fsp3) is 0.875. The SMILES string of the molecule is O=C(CN1CCCCC1C1OCCO1)NCC(=O)N1CCCC1. The van der Waals surface area contributed by atoms with E-state index >= 15 is 0 Å². The van der Waals surface area contributed by atoms with Crippen molar-refractivity contribution in [3.05, 3.63) is 0 Å². The fourth-order valence-corrected chi connectivity index (χ4v) is 3.61. The highest BCUT2D eigenvalue weighted by molar-refractivity contribution is 5.85. The van der Waals surface area contributed by atoms with E-state index in [9.17, 15) is 9.59 Å². The van der Waals surface area contributed by atoms with Crippen LogP contribution in [0.25, 0.3) is 0 Å². The Morgan fingerprint density at radius 2 is 1.70 bits per heavy atom. The predicted molar refractivity (Wildman–Crippen MR) is 83.7 cm³/mol. The molecule has 0 saturated carbocycles. The number of carbonyl (C=O) groups is 2. The van der Waals surface area contributed by atoms with Gasteiger partial charge in [0.25, 0.3) is 0 Å². The van der Waals surface area contributed by atoms with Gasteiger partial charge in [-0.3, -0.25) is 14.5 Å². The quantitative estimate of drug-likeness (QED) is 0.767. The summed E-state index contributed by atoms with van der Waals surface area (Å²) in [5, 5.41) is 2.76. The van der Waals surface area contributed by atoms with Crippen LogP contribution in [0.15, 0.2) is 0 Å². The van der Waals surface area contributed by atoms with Crippen LogP contribution in [0.4, 0.5) is 0 Å². The molecule has 3 heterocycles. The number of carbonyl (C=O) groups excluding carboxylic acids is 2. The number of hydrogen-bond donors (Lipinski definition) is 1. The molecule has 3 fully saturated rings. The lowest BCUT2D eigenvalue weighted by Gasteiger charge is -2.37. The third kappa shape index (κ3) is 4.43. The molecule has 3 aliphatic rings. The molecule has 3 rings (SSSR count). The van der Waals surface area contributed by atoms with Gasteiger partial charge in [-0.1, -0.05) is 6.42 Å². The number of rotatable bonds is 5. The molecule has 7 heteroatoms. The van der Waals surface area contributed by atoms with Crippen molar-refractivity contribution in [3.63, 3.8) is 0 Å². The van der Waals surface area contributed by atoms with Crippen molar-refractivity contribution < 1.29 is 19.1 Å². The number of hydrogen-bond acceptors (Lipinski definition) is 5. The predicted octanol–water partition coefficient (Wildman–Crippen LogP) is -0.0476. The molecule has 0 aliphatic carbocycles. The first kappa shape index (κ1) is 16.7. The molecule has 0 aromatic rings. The summed E-state index contributed by atoms with van der Waals surface area (Å²) in [5.41, 5.74) is 0. The van der Waals surface area contributed by atoms with Crippen LogP contribution in [0.1, 0.15) is 32.1 Å². The summed E-state index contributed by atoms with van der Waals surface area (Å²) in [5.74, 6) is -0.0732. The lowest BCUT2D eigenvalue weighted by atomic mass is 10.0. The zero-order valence-corrected chi connectivity index (χ0v) is 13.7. The van der Waals surface area contributed by atoms with E-state index in [1.165, 1.54) is 0 Å². The Labute approximate surface area is 137 Å². The van der Waals surface area contributed by atoms with E-state index in [-0.39, 0.29) is 30.7 Å². The standard InChI is InChI=1S/C16H27N3O4/c20-14(17-11-15(21)18-6-3-4-7-18)12-19-8-2-1-5-13(19)16-22-9-10-23-16/h13,16H,1-12H2,(H,17,20). The topological polar surface area (TPSA) is 71.1 Å². The molecule has 1 atom stereocenters. The molecule has 0 radical (unpaired) electrons. The third-order valence-electron chi connectivity index (χ3n) is 4.87. The normalized spacial score (nSPS) is 26.6. The van der Waals surface area contributed by atoms with Crippen LogP contribution in [0.3, 0.4) is 0 Å². The lowest BCUT2D eigenvalue weighted by Crippen LogP contribution is -2.51. The van der Waals surface area contributed by atoms with Crippen LogP contribution in [0.5, 0.6) is 0 Å². The zero-order chi connectivity index (χ0) is 16.1. The minimum atomic E-state index is -0.214. The molecule has 3 saturated heterocycles. The van der Waals surface area contributed by atoms with E-state index in [0.29, 0.717) is 19.8 Å². The summed E-state index contributed by atoms with van der Waals surface area (Å²) < 4.78 is 11.2. The van der Waals surface area contributed by atoms with Gasteiger partial charge >= 0.3 is 0 Å². The second-order valence-corrected chi connectivity index (χ2v) is 6.51.